The summed E-state index contributed by atoms with van der Waals surface area (Å²) in [6.07, 6.45) is 4.63. The van der Waals surface area contributed by atoms with Crippen LogP contribution in [0.15, 0.2) is 28.9 Å². The van der Waals surface area contributed by atoms with E-state index in [0.717, 1.165) is 36.7 Å². The first-order chi connectivity index (χ1) is 10.7. The van der Waals surface area contributed by atoms with E-state index in [-0.39, 0.29) is 0 Å². The van der Waals surface area contributed by atoms with Crippen molar-refractivity contribution in [1.82, 2.24) is 9.97 Å². The molecule has 120 valence electrons. The second kappa shape index (κ2) is 8.41. The summed E-state index contributed by atoms with van der Waals surface area (Å²) in [6, 6.07) is 5.66. The smallest absolute Gasteiger partial charge is 0.218 e. The molecule has 2 rings (SSSR count). The minimum Gasteiger partial charge on any atom is -0.478 e. The van der Waals surface area contributed by atoms with Gasteiger partial charge in [0.2, 0.25) is 5.88 Å². The van der Waals surface area contributed by atoms with Crippen molar-refractivity contribution < 1.29 is 9.15 Å². The molecule has 0 fully saturated rings. The van der Waals surface area contributed by atoms with Crippen molar-refractivity contribution in [2.45, 2.75) is 46.6 Å². The van der Waals surface area contributed by atoms with Crippen LogP contribution in [-0.2, 0) is 13.0 Å². The number of hydrogen-bond acceptors (Lipinski definition) is 5. The van der Waals surface area contributed by atoms with Crippen LogP contribution in [0.2, 0.25) is 0 Å². The van der Waals surface area contributed by atoms with Gasteiger partial charge >= 0.3 is 0 Å². The first kappa shape index (κ1) is 16.3. The topological polar surface area (TPSA) is 60.2 Å². The van der Waals surface area contributed by atoms with E-state index in [9.17, 15) is 0 Å². The molecule has 0 saturated carbocycles. The Labute approximate surface area is 132 Å². The average molecular weight is 303 g/mol. The van der Waals surface area contributed by atoms with Crippen LogP contribution in [0.3, 0.4) is 0 Å². The van der Waals surface area contributed by atoms with Gasteiger partial charge in [-0.1, -0.05) is 27.2 Å². The molecule has 2 aromatic heterocycles. The Hall–Kier alpha value is -2.04. The van der Waals surface area contributed by atoms with E-state index < -0.39 is 0 Å². The summed E-state index contributed by atoms with van der Waals surface area (Å²) in [4.78, 5) is 9.05. The Balaban J connectivity index is 2.06. The van der Waals surface area contributed by atoms with E-state index in [1.807, 2.05) is 18.2 Å². The molecule has 0 amide bonds. The summed E-state index contributed by atoms with van der Waals surface area (Å²) in [7, 11) is 0. The van der Waals surface area contributed by atoms with E-state index in [1.165, 1.54) is 0 Å². The third-order valence-electron chi connectivity index (χ3n) is 3.11. The fourth-order valence-electron chi connectivity index (χ4n) is 2.01. The Morgan fingerprint density at radius 3 is 2.86 bits per heavy atom. The van der Waals surface area contributed by atoms with Gasteiger partial charge in [0.25, 0.3) is 0 Å². The molecule has 2 aromatic rings. The molecular formula is C17H25N3O2. The zero-order valence-electron chi connectivity index (χ0n) is 13.6. The summed E-state index contributed by atoms with van der Waals surface area (Å²) in [5.74, 6) is 3.60. The number of unbranched alkanes of at least 4 members (excludes halogenated alkanes) is 1. The molecule has 0 aromatic carbocycles. The molecule has 5 nitrogen and oxygen atoms in total. The van der Waals surface area contributed by atoms with Gasteiger partial charge in [0.15, 0.2) is 0 Å². The Morgan fingerprint density at radius 1 is 1.32 bits per heavy atom. The van der Waals surface area contributed by atoms with Crippen LogP contribution in [0.5, 0.6) is 5.88 Å². The van der Waals surface area contributed by atoms with Crippen LogP contribution in [0, 0.1) is 5.92 Å². The molecule has 0 atom stereocenters. The van der Waals surface area contributed by atoms with E-state index >= 15 is 0 Å². The molecule has 2 heterocycles. The van der Waals surface area contributed by atoms with E-state index in [1.54, 1.807) is 6.26 Å². The van der Waals surface area contributed by atoms with Gasteiger partial charge in [-0.15, -0.1) is 0 Å². The normalized spacial score (nSPS) is 10.9. The van der Waals surface area contributed by atoms with E-state index in [4.69, 9.17) is 9.15 Å². The molecule has 1 N–H and O–H groups in total. The van der Waals surface area contributed by atoms with Gasteiger partial charge in [-0.2, -0.15) is 4.98 Å². The fraction of sp³-hybridized carbons (Fsp3) is 0.529. The van der Waals surface area contributed by atoms with Gasteiger partial charge in [-0.3, -0.25) is 0 Å². The number of anilines is 1. The Kier molecular flexibility index (Phi) is 6.25. The fourth-order valence-corrected chi connectivity index (χ4v) is 2.01. The van der Waals surface area contributed by atoms with Crippen molar-refractivity contribution in [2.75, 3.05) is 11.9 Å². The number of nitrogens with one attached hydrogen (secondary N) is 1. The highest BCUT2D eigenvalue weighted by Crippen LogP contribution is 2.17. The van der Waals surface area contributed by atoms with Crippen LogP contribution in [-0.4, -0.2) is 16.6 Å². The second-order valence-electron chi connectivity index (χ2n) is 5.74. The number of nitrogens with zero attached hydrogens (tertiary/aromatic N) is 2. The molecule has 0 aliphatic heterocycles. The predicted molar refractivity (Wildman–Crippen MR) is 87.0 cm³/mol. The molecular weight excluding hydrogens is 278 g/mol. The Bertz CT molecular complexity index is 553. The largest absolute Gasteiger partial charge is 0.478 e. The number of ether oxygens (including phenoxy) is 1. The molecule has 0 saturated heterocycles. The highest BCUT2D eigenvalue weighted by Gasteiger charge is 2.08. The van der Waals surface area contributed by atoms with Crippen molar-refractivity contribution in [1.29, 1.82) is 0 Å². The van der Waals surface area contributed by atoms with Crippen LogP contribution < -0.4 is 10.1 Å². The highest BCUT2D eigenvalue weighted by atomic mass is 16.5. The molecule has 5 heteroatoms. The zero-order valence-corrected chi connectivity index (χ0v) is 13.6. The third kappa shape index (κ3) is 5.39. The summed E-state index contributed by atoms with van der Waals surface area (Å²) in [5, 5.41) is 3.27. The monoisotopic (exact) mass is 303 g/mol. The number of hydrogen-bond donors (Lipinski definition) is 1. The SMILES string of the molecule is CCCCOc1cc(NCc2ccco2)nc(CC(C)C)n1. The number of aromatic nitrogens is 2. The number of rotatable bonds is 9. The molecule has 0 spiro atoms. The van der Waals surface area contributed by atoms with E-state index in [0.29, 0.717) is 24.9 Å². The molecule has 22 heavy (non-hydrogen) atoms. The summed E-state index contributed by atoms with van der Waals surface area (Å²) in [5.41, 5.74) is 0. The number of furan rings is 1. The summed E-state index contributed by atoms with van der Waals surface area (Å²) >= 11 is 0. The molecule has 0 aliphatic carbocycles. The standard InChI is InChI=1S/C17H25N3O2/c1-4-5-8-22-17-11-15(18-12-14-7-6-9-21-14)19-16(20-17)10-13(2)3/h6-7,9,11,13H,4-5,8,10,12H2,1-3H3,(H,18,19,20). The lowest BCUT2D eigenvalue weighted by Crippen LogP contribution is -2.08. The summed E-state index contributed by atoms with van der Waals surface area (Å²) in [6.45, 7) is 7.74. The minimum absolute atomic E-state index is 0.504. The van der Waals surface area contributed by atoms with E-state index in [2.05, 4.69) is 36.1 Å². The molecule has 0 bridgehead atoms. The zero-order chi connectivity index (χ0) is 15.8. The van der Waals surface area contributed by atoms with Crippen molar-refractivity contribution in [3.8, 4) is 5.88 Å². The minimum atomic E-state index is 0.504. The molecule has 0 unspecified atom stereocenters. The van der Waals surface area contributed by atoms with Crippen LogP contribution in [0.1, 0.15) is 45.2 Å². The van der Waals surface area contributed by atoms with Gasteiger partial charge in [-0.25, -0.2) is 4.98 Å². The van der Waals surface area contributed by atoms with Crippen molar-refractivity contribution >= 4 is 5.82 Å². The quantitative estimate of drug-likeness (QED) is 0.708. The second-order valence-corrected chi connectivity index (χ2v) is 5.74. The van der Waals surface area contributed by atoms with Gasteiger partial charge in [0.05, 0.1) is 19.4 Å². The van der Waals surface area contributed by atoms with Crippen molar-refractivity contribution in [3.63, 3.8) is 0 Å². The first-order valence-corrected chi connectivity index (χ1v) is 7.94. The molecule has 0 radical (unpaired) electrons. The highest BCUT2D eigenvalue weighted by molar-refractivity contribution is 5.38. The summed E-state index contributed by atoms with van der Waals surface area (Å²) < 4.78 is 11.1. The van der Waals surface area contributed by atoms with Crippen molar-refractivity contribution in [2.24, 2.45) is 5.92 Å². The Morgan fingerprint density at radius 2 is 2.18 bits per heavy atom. The lowest BCUT2D eigenvalue weighted by Gasteiger charge is -2.11. The first-order valence-electron chi connectivity index (χ1n) is 7.94. The maximum absolute atomic E-state index is 5.73. The third-order valence-corrected chi connectivity index (χ3v) is 3.11. The average Bonchev–Trinajstić information content (AvgIpc) is 2.98. The van der Waals surface area contributed by atoms with Gasteiger partial charge < -0.3 is 14.5 Å². The maximum atomic E-state index is 5.73. The van der Waals surface area contributed by atoms with Gasteiger partial charge in [-0.05, 0) is 24.5 Å². The van der Waals surface area contributed by atoms with Gasteiger partial charge in [0, 0.05) is 12.5 Å². The van der Waals surface area contributed by atoms with Gasteiger partial charge in [0.1, 0.15) is 17.4 Å². The van der Waals surface area contributed by atoms with Crippen LogP contribution in [0.25, 0.3) is 0 Å². The van der Waals surface area contributed by atoms with Crippen molar-refractivity contribution in [3.05, 3.63) is 36.0 Å². The predicted octanol–water partition coefficient (Wildman–Crippen LogP) is 4.06. The lowest BCUT2D eigenvalue weighted by molar-refractivity contribution is 0.296. The van der Waals surface area contributed by atoms with Crippen LogP contribution >= 0.6 is 0 Å². The van der Waals surface area contributed by atoms with Crippen LogP contribution in [0.4, 0.5) is 5.82 Å². The maximum Gasteiger partial charge on any atom is 0.218 e. The molecule has 0 aliphatic rings. The lowest BCUT2D eigenvalue weighted by atomic mass is 10.1.